The first kappa shape index (κ1) is 21.6. The minimum absolute atomic E-state index is 0.761. The van der Waals surface area contributed by atoms with Crippen molar-refractivity contribution in [2.75, 3.05) is 0 Å². The molecule has 0 aromatic heterocycles. The second kappa shape index (κ2) is 14.9. The fraction of sp³-hybridized carbons (Fsp3) is 0.895. The molecular formula is C19H38B2S2. The zero-order chi connectivity index (χ0) is 16.8. The SMILES string of the molecule is C=CC(CCBSC1CCCCCCCC1SBC)CCCC. The quantitative estimate of drug-likeness (QED) is 0.237. The van der Waals surface area contributed by atoms with E-state index in [0.717, 1.165) is 16.4 Å². The summed E-state index contributed by atoms with van der Waals surface area (Å²) in [4.78, 5) is 0. The van der Waals surface area contributed by atoms with E-state index in [1.165, 1.54) is 90.1 Å². The van der Waals surface area contributed by atoms with E-state index in [9.17, 15) is 0 Å². The van der Waals surface area contributed by atoms with Gasteiger partial charge in [0.05, 0.1) is 0 Å². The van der Waals surface area contributed by atoms with Crippen LogP contribution in [0, 0.1) is 5.92 Å². The third kappa shape index (κ3) is 10.2. The molecule has 0 aliphatic heterocycles. The molecule has 132 valence electrons. The third-order valence-electron chi connectivity index (χ3n) is 5.09. The first-order chi connectivity index (χ1) is 11.3. The van der Waals surface area contributed by atoms with Crippen molar-refractivity contribution in [2.45, 2.75) is 101 Å². The largest absolute Gasteiger partial charge is 0.211 e. The molecule has 0 radical (unpaired) electrons. The summed E-state index contributed by atoms with van der Waals surface area (Å²) in [5.41, 5.74) is 0. The maximum absolute atomic E-state index is 4.04. The van der Waals surface area contributed by atoms with Gasteiger partial charge >= 0.3 is 0 Å². The molecule has 3 unspecified atom stereocenters. The van der Waals surface area contributed by atoms with Gasteiger partial charge in [-0.15, -0.1) is 6.58 Å². The van der Waals surface area contributed by atoms with Crippen molar-refractivity contribution < 1.29 is 0 Å². The summed E-state index contributed by atoms with van der Waals surface area (Å²) in [7, 11) is 0. The maximum atomic E-state index is 4.04. The number of allylic oxidation sites excluding steroid dienone is 1. The van der Waals surface area contributed by atoms with Gasteiger partial charge in [0.15, 0.2) is 13.1 Å². The molecule has 4 heteroatoms. The predicted molar refractivity (Wildman–Crippen MR) is 118 cm³/mol. The lowest BCUT2D eigenvalue weighted by molar-refractivity contribution is 0.541. The van der Waals surface area contributed by atoms with Crippen molar-refractivity contribution in [1.82, 2.24) is 0 Å². The fourth-order valence-electron chi connectivity index (χ4n) is 3.62. The zero-order valence-corrected chi connectivity index (χ0v) is 17.4. The Balaban J connectivity index is 2.33. The highest BCUT2D eigenvalue weighted by Gasteiger charge is 2.22. The summed E-state index contributed by atoms with van der Waals surface area (Å²) in [6.45, 7) is 11.3. The minimum atomic E-state index is 0.761. The second-order valence-electron chi connectivity index (χ2n) is 7.03. The summed E-state index contributed by atoms with van der Waals surface area (Å²) in [5.74, 6) is 0.761. The number of hydrogen-bond acceptors (Lipinski definition) is 2. The van der Waals surface area contributed by atoms with Gasteiger partial charge in [0.1, 0.15) is 0 Å². The van der Waals surface area contributed by atoms with Crippen LogP contribution in [0.1, 0.15) is 77.6 Å². The average molecular weight is 352 g/mol. The lowest BCUT2D eigenvalue weighted by atomic mass is 9.89. The van der Waals surface area contributed by atoms with Crippen LogP contribution in [-0.4, -0.2) is 23.6 Å². The highest BCUT2D eigenvalue weighted by atomic mass is 32.2. The molecule has 3 atom stereocenters. The van der Waals surface area contributed by atoms with E-state index in [0.29, 0.717) is 0 Å². The summed E-state index contributed by atoms with van der Waals surface area (Å²) in [6, 6.07) is 0. The Hall–Kier alpha value is 0.570. The van der Waals surface area contributed by atoms with Gasteiger partial charge in [-0.25, -0.2) is 23.2 Å². The van der Waals surface area contributed by atoms with Crippen molar-refractivity contribution in [3.63, 3.8) is 0 Å². The lowest BCUT2D eigenvalue weighted by Crippen LogP contribution is -2.22. The van der Waals surface area contributed by atoms with Crippen molar-refractivity contribution in [3.05, 3.63) is 12.7 Å². The monoisotopic (exact) mass is 352 g/mol. The van der Waals surface area contributed by atoms with Crippen LogP contribution in [0.25, 0.3) is 0 Å². The van der Waals surface area contributed by atoms with E-state index in [1.807, 2.05) is 0 Å². The van der Waals surface area contributed by atoms with Crippen LogP contribution >= 0.6 is 23.2 Å². The molecule has 0 aromatic rings. The van der Waals surface area contributed by atoms with E-state index >= 15 is 0 Å². The Morgan fingerprint density at radius 2 is 1.70 bits per heavy atom. The number of rotatable bonds is 11. The molecule has 0 amide bonds. The smallest absolute Gasteiger partial charge is 0.192 e. The topological polar surface area (TPSA) is 0 Å². The van der Waals surface area contributed by atoms with Crippen molar-refractivity contribution in [3.8, 4) is 0 Å². The maximum Gasteiger partial charge on any atom is 0.192 e. The lowest BCUT2D eigenvalue weighted by Gasteiger charge is -2.26. The molecule has 0 saturated heterocycles. The van der Waals surface area contributed by atoms with Crippen LogP contribution in [0.15, 0.2) is 12.7 Å². The van der Waals surface area contributed by atoms with Gasteiger partial charge in [0.25, 0.3) is 0 Å². The first-order valence-electron chi connectivity index (χ1n) is 10.2. The first-order valence-corrected chi connectivity index (χ1v) is 12.3. The second-order valence-corrected chi connectivity index (χ2v) is 9.89. The van der Waals surface area contributed by atoms with Crippen molar-refractivity contribution in [2.24, 2.45) is 5.92 Å². The van der Waals surface area contributed by atoms with Crippen LogP contribution < -0.4 is 0 Å². The molecule has 0 bridgehead atoms. The molecule has 0 spiro atoms. The Labute approximate surface area is 156 Å². The van der Waals surface area contributed by atoms with Gasteiger partial charge in [0, 0.05) is 10.5 Å². The summed E-state index contributed by atoms with van der Waals surface area (Å²) < 4.78 is 0. The summed E-state index contributed by atoms with van der Waals surface area (Å²) >= 11 is 4.53. The van der Waals surface area contributed by atoms with Gasteiger partial charge in [0.2, 0.25) is 0 Å². The molecule has 1 fully saturated rings. The molecule has 1 aliphatic carbocycles. The van der Waals surface area contributed by atoms with Crippen LogP contribution in [0.2, 0.25) is 13.1 Å². The van der Waals surface area contributed by atoms with Crippen molar-refractivity contribution >= 4 is 36.3 Å². The molecule has 0 nitrogen and oxygen atoms in total. The van der Waals surface area contributed by atoms with Gasteiger partial charge < -0.3 is 0 Å². The van der Waals surface area contributed by atoms with Gasteiger partial charge in [-0.2, -0.15) is 0 Å². The van der Waals surface area contributed by atoms with Crippen LogP contribution in [0.4, 0.5) is 0 Å². The zero-order valence-electron chi connectivity index (χ0n) is 15.7. The predicted octanol–water partition coefficient (Wildman–Crippen LogP) is 6.49. The molecule has 1 saturated carbocycles. The normalized spacial score (nSPS) is 24.1. The standard InChI is InChI=1S/C19H38B2S2/c1-4-6-12-17(5-2)15-16-21-23-19-14-11-9-7-8-10-13-18(19)22-20-3/h5,17-21H,2,4,6-16H2,1,3H3. The minimum Gasteiger partial charge on any atom is -0.211 e. The van der Waals surface area contributed by atoms with Gasteiger partial charge in [-0.3, -0.25) is 0 Å². The van der Waals surface area contributed by atoms with E-state index in [-0.39, 0.29) is 0 Å². The molecule has 0 N–H and O–H groups in total. The van der Waals surface area contributed by atoms with Gasteiger partial charge in [-0.05, 0) is 25.2 Å². The van der Waals surface area contributed by atoms with Gasteiger partial charge in [-0.1, -0.05) is 77.5 Å². The highest BCUT2D eigenvalue weighted by Crippen LogP contribution is 2.33. The Bertz CT molecular complexity index is 287. The third-order valence-corrected chi connectivity index (χ3v) is 8.10. The van der Waals surface area contributed by atoms with E-state index < -0.39 is 0 Å². The molecule has 0 aromatic carbocycles. The molecule has 1 rings (SSSR count). The van der Waals surface area contributed by atoms with Crippen molar-refractivity contribution in [1.29, 1.82) is 0 Å². The van der Waals surface area contributed by atoms with Crippen LogP contribution in [-0.2, 0) is 0 Å². The summed E-state index contributed by atoms with van der Waals surface area (Å²) in [5, 5.41) is 1.83. The molecular weight excluding hydrogens is 314 g/mol. The van der Waals surface area contributed by atoms with Crippen LogP contribution in [0.5, 0.6) is 0 Å². The van der Waals surface area contributed by atoms with E-state index in [1.54, 1.807) is 0 Å². The Morgan fingerprint density at radius 1 is 1.04 bits per heavy atom. The Kier molecular flexibility index (Phi) is 14.0. The molecule has 23 heavy (non-hydrogen) atoms. The number of unbranched alkanes of at least 4 members (excludes halogenated alkanes) is 1. The van der Waals surface area contributed by atoms with Crippen LogP contribution in [0.3, 0.4) is 0 Å². The average Bonchev–Trinajstić information content (AvgIpc) is 2.67. The fourth-order valence-corrected chi connectivity index (χ4v) is 6.52. The summed E-state index contributed by atoms with van der Waals surface area (Å²) in [6.07, 6.45) is 19.2. The number of hydrogen-bond donors (Lipinski definition) is 0. The molecule has 1 aliphatic rings. The van der Waals surface area contributed by atoms with E-state index in [2.05, 4.69) is 49.6 Å². The highest BCUT2D eigenvalue weighted by molar-refractivity contribution is 8.26. The Morgan fingerprint density at radius 3 is 2.30 bits per heavy atom. The van der Waals surface area contributed by atoms with E-state index in [4.69, 9.17) is 0 Å². The molecule has 0 heterocycles.